The first-order valence-corrected chi connectivity index (χ1v) is 15.3. The van der Waals surface area contributed by atoms with Crippen molar-refractivity contribution in [2.24, 2.45) is 5.73 Å². The summed E-state index contributed by atoms with van der Waals surface area (Å²) in [7, 11) is 0. The molecule has 5 heterocycles. The van der Waals surface area contributed by atoms with Gasteiger partial charge in [0.25, 0.3) is 29.5 Å². The van der Waals surface area contributed by atoms with E-state index in [4.69, 9.17) is 15.2 Å². The van der Waals surface area contributed by atoms with Gasteiger partial charge in [-0.1, -0.05) is 12.1 Å². The fourth-order valence-electron chi connectivity index (χ4n) is 5.59. The summed E-state index contributed by atoms with van der Waals surface area (Å²) in [5.41, 5.74) is 6.48. The molecule has 49 heavy (non-hydrogen) atoms. The Hall–Kier alpha value is -6.40. The molecule has 246 valence electrons. The van der Waals surface area contributed by atoms with Gasteiger partial charge in [-0.15, -0.1) is 5.10 Å². The largest absolute Gasteiger partial charge is 0.449 e. The van der Waals surface area contributed by atoms with Gasteiger partial charge >= 0.3 is 5.97 Å². The van der Waals surface area contributed by atoms with Crippen LogP contribution in [0.1, 0.15) is 38.0 Å². The number of rotatable bonds is 8. The highest BCUT2D eigenvalue weighted by Gasteiger charge is 2.44. The summed E-state index contributed by atoms with van der Waals surface area (Å²) in [5, 5.41) is 14.8. The number of benzene rings is 2. The van der Waals surface area contributed by atoms with E-state index in [0.29, 0.717) is 5.69 Å². The Morgan fingerprint density at radius 2 is 1.80 bits per heavy atom. The van der Waals surface area contributed by atoms with Crippen LogP contribution in [0.25, 0.3) is 15.8 Å². The Labute approximate surface area is 279 Å². The van der Waals surface area contributed by atoms with Crippen LogP contribution in [0.15, 0.2) is 67.1 Å². The minimum atomic E-state index is -1.79. The predicted molar refractivity (Wildman–Crippen MR) is 171 cm³/mol. The van der Waals surface area contributed by atoms with Crippen LogP contribution in [0.2, 0.25) is 0 Å². The number of hydrogen-bond acceptors (Lipinski definition) is 13. The zero-order chi connectivity index (χ0) is 34.4. The number of nitrogens with two attached hydrogens (primary N) is 1. The molecular formula is C31H23N9O8S. The lowest BCUT2D eigenvalue weighted by Gasteiger charge is -2.34. The van der Waals surface area contributed by atoms with Gasteiger partial charge in [0, 0.05) is 24.6 Å². The molecule has 7 rings (SSSR count). The molecule has 0 saturated carbocycles. The number of esters is 1. The topological polar surface area (TPSA) is 222 Å². The van der Waals surface area contributed by atoms with Crippen LogP contribution in [0, 0.1) is 0 Å². The summed E-state index contributed by atoms with van der Waals surface area (Å²) in [6.45, 7) is 1.14. The van der Waals surface area contributed by atoms with Gasteiger partial charge < -0.3 is 20.5 Å². The molecule has 0 radical (unpaired) electrons. The molecule has 1 unspecified atom stereocenters. The molecule has 18 heteroatoms. The first-order chi connectivity index (χ1) is 23.6. The van der Waals surface area contributed by atoms with Crippen LogP contribution in [-0.2, 0) is 23.9 Å². The van der Waals surface area contributed by atoms with E-state index in [1.165, 1.54) is 46.2 Å². The summed E-state index contributed by atoms with van der Waals surface area (Å²) in [6.07, 6.45) is 1.22. The highest BCUT2D eigenvalue weighted by Crippen LogP contribution is 2.39. The molecule has 17 nitrogen and oxygen atoms in total. The molecule has 5 amide bonds. The highest BCUT2D eigenvalue weighted by atomic mass is 32.1. The predicted octanol–water partition coefficient (Wildman–Crippen LogP) is 1.47. The van der Waals surface area contributed by atoms with Gasteiger partial charge in [-0.2, -0.15) is 14.6 Å². The average molecular weight is 682 g/mol. The fraction of sp³-hybridized carbons (Fsp3) is 0.161. The van der Waals surface area contributed by atoms with Crippen LogP contribution in [0.5, 0.6) is 0 Å². The van der Waals surface area contributed by atoms with Gasteiger partial charge in [0.05, 0.1) is 58.3 Å². The number of nitrogens with one attached hydrogen (secondary N) is 1. The quantitative estimate of drug-likeness (QED) is 0.176. The zero-order valence-electron chi connectivity index (χ0n) is 25.3. The van der Waals surface area contributed by atoms with E-state index in [-0.39, 0.29) is 57.3 Å². The Kier molecular flexibility index (Phi) is 7.85. The van der Waals surface area contributed by atoms with Gasteiger partial charge in [-0.3, -0.25) is 33.7 Å². The van der Waals surface area contributed by atoms with E-state index in [9.17, 15) is 28.8 Å². The van der Waals surface area contributed by atoms with E-state index < -0.39 is 47.7 Å². The number of amides is 5. The second-order valence-corrected chi connectivity index (χ2v) is 11.5. The van der Waals surface area contributed by atoms with E-state index in [0.717, 1.165) is 23.4 Å². The lowest BCUT2D eigenvalue weighted by atomic mass is 10.1. The molecule has 2 atom stereocenters. The molecular weight excluding hydrogens is 658 g/mol. The van der Waals surface area contributed by atoms with Crippen molar-refractivity contribution >= 4 is 74.4 Å². The van der Waals surface area contributed by atoms with Crippen molar-refractivity contribution < 1.29 is 38.2 Å². The molecule has 2 aliphatic rings. The summed E-state index contributed by atoms with van der Waals surface area (Å²) in [6, 6.07) is 12.4. The van der Waals surface area contributed by atoms with Gasteiger partial charge in [0.1, 0.15) is 0 Å². The molecule has 2 aromatic carbocycles. The maximum Gasteiger partial charge on any atom is 0.303 e. The average Bonchev–Trinajstić information content (AvgIpc) is 3.81. The molecule has 3 N–H and O–H groups in total. The molecule has 0 aliphatic carbocycles. The van der Waals surface area contributed by atoms with Gasteiger partial charge in [0.2, 0.25) is 6.10 Å². The normalized spacial score (nSPS) is 16.5. The Balaban J connectivity index is 1.17. The molecule has 1 saturated heterocycles. The zero-order valence-corrected chi connectivity index (χ0v) is 26.1. The number of morpholine rings is 1. The number of aromatic nitrogens is 5. The summed E-state index contributed by atoms with van der Waals surface area (Å²) in [5.74, 6) is -4.45. The first kappa shape index (κ1) is 31.2. The summed E-state index contributed by atoms with van der Waals surface area (Å²) < 4.78 is 16.9. The van der Waals surface area contributed by atoms with Crippen molar-refractivity contribution in [3.05, 3.63) is 83.8 Å². The molecule has 2 aliphatic heterocycles. The van der Waals surface area contributed by atoms with Crippen LogP contribution in [-0.4, -0.2) is 85.2 Å². The molecule has 0 spiro atoms. The highest BCUT2D eigenvalue weighted by molar-refractivity contribution is 7.14. The monoisotopic (exact) mass is 681 g/mol. The number of carbonyl (C=O) groups excluding carboxylic acids is 6. The van der Waals surface area contributed by atoms with Gasteiger partial charge in [-0.25, -0.2) is 9.58 Å². The standard InChI is InChI=1S/C31H23N9O8S/c1-15(41)48-23(24-31(46)38(12-13-47-24)21-9-11-39(36-21)16-8-10-33-34-14-16)28(43)35-20-7-6-19-25(22(20)26(32)42)49-37-27(19)40-29(44)17-4-2-3-5-18(17)30(40)45/h2-11,14,23-24H,12-13H2,1H3,(H2,32,42)(H,35,43)/t23-,24?/m1/s1. The van der Waals surface area contributed by atoms with E-state index in [1.807, 2.05) is 0 Å². The number of carbonyl (C=O) groups is 6. The van der Waals surface area contributed by atoms with Gasteiger partial charge in [0.15, 0.2) is 17.7 Å². The number of ether oxygens (including phenoxy) is 2. The van der Waals surface area contributed by atoms with E-state index >= 15 is 0 Å². The first-order valence-electron chi connectivity index (χ1n) is 14.6. The summed E-state index contributed by atoms with van der Waals surface area (Å²) >= 11 is 0.790. The van der Waals surface area contributed by atoms with Crippen molar-refractivity contribution in [3.63, 3.8) is 0 Å². The number of anilines is 3. The summed E-state index contributed by atoms with van der Waals surface area (Å²) in [4.78, 5) is 80.8. The van der Waals surface area contributed by atoms with E-state index in [1.54, 1.807) is 30.5 Å². The van der Waals surface area contributed by atoms with Crippen molar-refractivity contribution in [1.82, 2.24) is 24.4 Å². The van der Waals surface area contributed by atoms with Crippen molar-refractivity contribution in [2.75, 3.05) is 28.3 Å². The lowest BCUT2D eigenvalue weighted by molar-refractivity contribution is -0.167. The lowest BCUT2D eigenvalue weighted by Crippen LogP contribution is -2.56. The molecule has 3 aromatic heterocycles. The van der Waals surface area contributed by atoms with Crippen molar-refractivity contribution in [1.29, 1.82) is 0 Å². The molecule has 5 aromatic rings. The third-order valence-corrected chi connectivity index (χ3v) is 8.64. The SMILES string of the molecule is CC(=O)O[C@@H](C(=O)Nc1ccc2c(N3C(=O)c4ccccc4C3=O)nsc2c1C(N)=O)C1OCCN(c2ccn(-c3ccnnc3)n2)C1=O. The van der Waals surface area contributed by atoms with Gasteiger partial charge in [-0.05, 0) is 41.9 Å². The molecule has 0 bridgehead atoms. The number of fused-ring (bicyclic) bond motifs is 2. The van der Waals surface area contributed by atoms with E-state index in [2.05, 4.69) is 25.0 Å². The third kappa shape index (κ3) is 5.43. The maximum absolute atomic E-state index is 13.7. The smallest absolute Gasteiger partial charge is 0.303 e. The number of primary amides is 1. The van der Waals surface area contributed by atoms with Crippen molar-refractivity contribution in [3.8, 4) is 5.69 Å². The Morgan fingerprint density at radius 1 is 1.04 bits per heavy atom. The fourth-order valence-corrected chi connectivity index (χ4v) is 6.51. The number of imide groups is 1. The Bertz CT molecular complexity index is 2170. The minimum absolute atomic E-state index is 0.00621. The van der Waals surface area contributed by atoms with Crippen LogP contribution in [0.3, 0.4) is 0 Å². The second kappa shape index (κ2) is 12.3. The molecule has 1 fully saturated rings. The maximum atomic E-state index is 13.7. The number of hydrogen-bond donors (Lipinski definition) is 2. The van der Waals surface area contributed by atoms with Crippen LogP contribution < -0.4 is 20.9 Å². The Morgan fingerprint density at radius 3 is 2.47 bits per heavy atom. The van der Waals surface area contributed by atoms with Crippen LogP contribution in [0.4, 0.5) is 17.3 Å². The van der Waals surface area contributed by atoms with Crippen LogP contribution >= 0.6 is 11.5 Å². The number of nitrogens with zero attached hydrogens (tertiary/aromatic N) is 7. The third-order valence-electron chi connectivity index (χ3n) is 7.76. The van der Waals surface area contributed by atoms with Crippen molar-refractivity contribution in [2.45, 2.75) is 19.1 Å². The second-order valence-electron chi connectivity index (χ2n) is 10.7. The minimum Gasteiger partial charge on any atom is -0.449 e.